The summed E-state index contributed by atoms with van der Waals surface area (Å²) in [4.78, 5) is 36.4. The number of anilines is 2. The van der Waals surface area contributed by atoms with Crippen LogP contribution >= 0.6 is 11.6 Å². The van der Waals surface area contributed by atoms with Crippen LogP contribution in [0, 0.1) is 16.0 Å². The van der Waals surface area contributed by atoms with Crippen molar-refractivity contribution in [3.8, 4) is 0 Å². The molecule has 1 N–H and O–H groups in total. The lowest BCUT2D eigenvalue weighted by Crippen LogP contribution is -2.28. The maximum atomic E-state index is 12.4. The molecule has 3 rings (SSSR count). The van der Waals surface area contributed by atoms with Crippen LogP contribution in [0.5, 0.6) is 0 Å². The SMILES string of the molecule is O=C(Nc1cccc([N+](=O)[O-])c1)[C@@H]1CC(=O)N(c2ccc(Cl)cc2)C1. The average molecular weight is 360 g/mol. The third kappa shape index (κ3) is 3.77. The maximum absolute atomic E-state index is 12.4. The Labute approximate surface area is 148 Å². The Hall–Kier alpha value is -2.93. The van der Waals surface area contributed by atoms with E-state index in [4.69, 9.17) is 11.6 Å². The number of hydrogen-bond donors (Lipinski definition) is 1. The van der Waals surface area contributed by atoms with Gasteiger partial charge < -0.3 is 10.2 Å². The van der Waals surface area contributed by atoms with Crippen molar-refractivity contribution in [1.29, 1.82) is 0 Å². The molecule has 8 heteroatoms. The predicted octanol–water partition coefficient (Wildman–Crippen LogP) is 3.24. The van der Waals surface area contributed by atoms with Crippen LogP contribution in [-0.4, -0.2) is 23.3 Å². The molecule has 0 spiro atoms. The third-order valence-electron chi connectivity index (χ3n) is 3.96. The molecule has 2 aromatic carbocycles. The van der Waals surface area contributed by atoms with Crippen LogP contribution in [0.4, 0.5) is 17.1 Å². The van der Waals surface area contributed by atoms with Gasteiger partial charge in [0.1, 0.15) is 0 Å². The molecule has 1 aliphatic rings. The van der Waals surface area contributed by atoms with Crippen LogP contribution in [-0.2, 0) is 9.59 Å². The third-order valence-corrected chi connectivity index (χ3v) is 4.21. The minimum absolute atomic E-state index is 0.0867. The highest BCUT2D eigenvalue weighted by atomic mass is 35.5. The van der Waals surface area contributed by atoms with Gasteiger partial charge in [-0.25, -0.2) is 0 Å². The summed E-state index contributed by atoms with van der Waals surface area (Å²) < 4.78 is 0. The molecule has 0 unspecified atom stereocenters. The molecule has 128 valence electrons. The largest absolute Gasteiger partial charge is 0.326 e. The molecule has 2 amide bonds. The van der Waals surface area contributed by atoms with E-state index < -0.39 is 10.8 Å². The zero-order valence-corrected chi connectivity index (χ0v) is 13.8. The summed E-state index contributed by atoms with van der Waals surface area (Å²) in [5, 5.41) is 14.0. The molecule has 2 aromatic rings. The lowest BCUT2D eigenvalue weighted by molar-refractivity contribution is -0.384. The van der Waals surface area contributed by atoms with E-state index in [1.54, 1.807) is 30.3 Å². The Morgan fingerprint density at radius 2 is 1.96 bits per heavy atom. The van der Waals surface area contributed by atoms with Crippen molar-refractivity contribution < 1.29 is 14.5 Å². The number of amides is 2. The number of rotatable bonds is 4. The van der Waals surface area contributed by atoms with E-state index in [1.807, 2.05) is 0 Å². The molecule has 1 aliphatic heterocycles. The molecule has 25 heavy (non-hydrogen) atoms. The van der Waals surface area contributed by atoms with Gasteiger partial charge in [-0.15, -0.1) is 0 Å². The minimum Gasteiger partial charge on any atom is -0.326 e. The van der Waals surface area contributed by atoms with Crippen molar-refractivity contribution in [2.24, 2.45) is 5.92 Å². The monoisotopic (exact) mass is 359 g/mol. The molecule has 0 bridgehead atoms. The standard InChI is InChI=1S/C17H14ClN3O4/c18-12-4-6-14(7-5-12)20-10-11(8-16(20)22)17(23)19-13-2-1-3-15(9-13)21(24)25/h1-7,9,11H,8,10H2,(H,19,23)/t11-/m1/s1. The fourth-order valence-electron chi connectivity index (χ4n) is 2.70. The summed E-state index contributed by atoms with van der Waals surface area (Å²) in [7, 11) is 0. The summed E-state index contributed by atoms with van der Waals surface area (Å²) in [6.45, 7) is 0.251. The van der Waals surface area contributed by atoms with E-state index in [2.05, 4.69) is 5.32 Å². The number of nitro benzene ring substituents is 1. The van der Waals surface area contributed by atoms with Crippen LogP contribution in [0.3, 0.4) is 0 Å². The van der Waals surface area contributed by atoms with Gasteiger partial charge in [0.05, 0.1) is 10.8 Å². The Balaban J connectivity index is 1.69. The highest BCUT2D eigenvalue weighted by Crippen LogP contribution is 2.27. The molecule has 1 saturated heterocycles. The number of carbonyl (C=O) groups excluding carboxylic acids is 2. The van der Waals surface area contributed by atoms with Crippen molar-refractivity contribution in [3.63, 3.8) is 0 Å². The smallest absolute Gasteiger partial charge is 0.271 e. The van der Waals surface area contributed by atoms with Crippen LogP contribution in [0.15, 0.2) is 48.5 Å². The van der Waals surface area contributed by atoms with Gasteiger partial charge in [0, 0.05) is 41.5 Å². The number of non-ortho nitro benzene ring substituents is 1. The summed E-state index contributed by atoms with van der Waals surface area (Å²) in [6.07, 6.45) is 0.0867. The molecular formula is C17H14ClN3O4. The molecule has 0 aromatic heterocycles. The molecule has 1 fully saturated rings. The van der Waals surface area contributed by atoms with Crippen LogP contribution in [0.1, 0.15) is 6.42 Å². The summed E-state index contributed by atoms with van der Waals surface area (Å²) in [5.41, 5.74) is 0.903. The van der Waals surface area contributed by atoms with E-state index in [9.17, 15) is 19.7 Å². The van der Waals surface area contributed by atoms with Crippen molar-refractivity contribution in [2.75, 3.05) is 16.8 Å². The first kappa shape index (κ1) is 16.9. The number of nitrogens with one attached hydrogen (secondary N) is 1. The number of halogens is 1. The molecular weight excluding hydrogens is 346 g/mol. The minimum atomic E-state index is -0.531. The number of nitro groups is 1. The molecule has 0 radical (unpaired) electrons. The first-order valence-corrected chi connectivity index (χ1v) is 7.93. The van der Waals surface area contributed by atoms with Gasteiger partial charge in [-0.05, 0) is 30.3 Å². The quantitative estimate of drug-likeness (QED) is 0.670. The Bertz CT molecular complexity index is 838. The van der Waals surface area contributed by atoms with E-state index >= 15 is 0 Å². The van der Waals surface area contributed by atoms with E-state index in [0.717, 1.165) is 0 Å². The fraction of sp³-hybridized carbons (Fsp3) is 0.176. The lowest BCUT2D eigenvalue weighted by Gasteiger charge is -2.16. The highest BCUT2D eigenvalue weighted by Gasteiger charge is 2.35. The van der Waals surface area contributed by atoms with Crippen LogP contribution < -0.4 is 10.2 Å². The lowest BCUT2D eigenvalue weighted by atomic mass is 10.1. The van der Waals surface area contributed by atoms with E-state index in [0.29, 0.717) is 16.4 Å². The van der Waals surface area contributed by atoms with Gasteiger partial charge in [0.25, 0.3) is 5.69 Å². The van der Waals surface area contributed by atoms with Crippen molar-refractivity contribution in [1.82, 2.24) is 0 Å². The molecule has 0 aliphatic carbocycles. The second kappa shape index (κ2) is 6.90. The zero-order valence-electron chi connectivity index (χ0n) is 13.0. The topological polar surface area (TPSA) is 92.5 Å². The average Bonchev–Trinajstić information content (AvgIpc) is 2.98. The first-order valence-electron chi connectivity index (χ1n) is 7.55. The van der Waals surface area contributed by atoms with Gasteiger partial charge >= 0.3 is 0 Å². The van der Waals surface area contributed by atoms with Gasteiger partial charge in [0.15, 0.2) is 0 Å². The van der Waals surface area contributed by atoms with E-state index in [1.165, 1.54) is 23.1 Å². The summed E-state index contributed by atoms with van der Waals surface area (Å²) >= 11 is 5.84. The van der Waals surface area contributed by atoms with Crippen molar-refractivity contribution in [3.05, 3.63) is 63.7 Å². The first-order chi connectivity index (χ1) is 11.9. The van der Waals surface area contributed by atoms with Gasteiger partial charge in [-0.2, -0.15) is 0 Å². The summed E-state index contributed by atoms with van der Waals surface area (Å²) in [6, 6.07) is 12.5. The second-order valence-electron chi connectivity index (χ2n) is 5.68. The van der Waals surface area contributed by atoms with Crippen molar-refractivity contribution >= 4 is 40.5 Å². The Morgan fingerprint density at radius 3 is 2.64 bits per heavy atom. The summed E-state index contributed by atoms with van der Waals surface area (Å²) in [5.74, 6) is -1.02. The van der Waals surface area contributed by atoms with Gasteiger partial charge in [-0.1, -0.05) is 17.7 Å². The Morgan fingerprint density at radius 1 is 1.24 bits per heavy atom. The number of hydrogen-bond acceptors (Lipinski definition) is 4. The van der Waals surface area contributed by atoms with E-state index in [-0.39, 0.29) is 30.5 Å². The number of benzene rings is 2. The molecule has 1 atom stereocenters. The van der Waals surface area contributed by atoms with Crippen LogP contribution in [0.2, 0.25) is 5.02 Å². The number of nitrogens with zero attached hydrogens (tertiary/aromatic N) is 2. The zero-order chi connectivity index (χ0) is 18.0. The normalized spacial score (nSPS) is 16.8. The van der Waals surface area contributed by atoms with Gasteiger partial charge in [-0.3, -0.25) is 19.7 Å². The maximum Gasteiger partial charge on any atom is 0.271 e. The molecule has 1 heterocycles. The fourth-order valence-corrected chi connectivity index (χ4v) is 2.82. The molecule has 0 saturated carbocycles. The van der Waals surface area contributed by atoms with Gasteiger partial charge in [0.2, 0.25) is 11.8 Å². The number of carbonyl (C=O) groups is 2. The molecule has 7 nitrogen and oxygen atoms in total. The second-order valence-corrected chi connectivity index (χ2v) is 6.11. The Kier molecular flexibility index (Phi) is 4.67. The van der Waals surface area contributed by atoms with Crippen LogP contribution in [0.25, 0.3) is 0 Å². The predicted molar refractivity (Wildman–Crippen MR) is 93.6 cm³/mol. The highest BCUT2D eigenvalue weighted by molar-refractivity contribution is 6.30. The van der Waals surface area contributed by atoms with Crippen molar-refractivity contribution in [2.45, 2.75) is 6.42 Å².